The minimum absolute atomic E-state index is 0.141. The van der Waals surface area contributed by atoms with E-state index in [0.717, 1.165) is 0 Å². The SMILES string of the molecule is O=C(CC1CCCC1)c1ccc(Br)o1. The van der Waals surface area contributed by atoms with E-state index in [2.05, 4.69) is 15.9 Å². The van der Waals surface area contributed by atoms with Gasteiger partial charge in [-0.3, -0.25) is 4.79 Å². The molecule has 0 spiro atoms. The molecule has 0 atom stereocenters. The van der Waals surface area contributed by atoms with Gasteiger partial charge in [-0.25, -0.2) is 0 Å². The van der Waals surface area contributed by atoms with E-state index in [-0.39, 0.29) is 5.78 Å². The van der Waals surface area contributed by atoms with Crippen LogP contribution in [0.3, 0.4) is 0 Å². The summed E-state index contributed by atoms with van der Waals surface area (Å²) in [6.45, 7) is 0. The number of hydrogen-bond donors (Lipinski definition) is 0. The number of furan rings is 1. The molecule has 1 saturated carbocycles. The number of carbonyl (C=O) groups excluding carboxylic acids is 1. The van der Waals surface area contributed by atoms with Crippen LogP contribution >= 0.6 is 15.9 Å². The summed E-state index contributed by atoms with van der Waals surface area (Å²) in [5.74, 6) is 1.22. The lowest BCUT2D eigenvalue weighted by Gasteiger charge is -2.04. The zero-order chi connectivity index (χ0) is 9.97. The van der Waals surface area contributed by atoms with Gasteiger partial charge in [0.2, 0.25) is 0 Å². The molecule has 0 N–H and O–H groups in total. The van der Waals surface area contributed by atoms with Crippen molar-refractivity contribution in [3.63, 3.8) is 0 Å². The Bertz CT molecular complexity index is 324. The van der Waals surface area contributed by atoms with Crippen LogP contribution in [0.25, 0.3) is 0 Å². The number of rotatable bonds is 3. The minimum Gasteiger partial charge on any atom is -0.446 e. The van der Waals surface area contributed by atoms with Crippen LogP contribution in [-0.4, -0.2) is 5.78 Å². The average molecular weight is 257 g/mol. The molecule has 0 saturated heterocycles. The van der Waals surface area contributed by atoms with Crippen molar-refractivity contribution in [3.8, 4) is 0 Å². The second kappa shape index (κ2) is 4.30. The molecule has 1 heterocycles. The maximum atomic E-state index is 11.7. The van der Waals surface area contributed by atoms with E-state index in [0.29, 0.717) is 22.8 Å². The van der Waals surface area contributed by atoms with E-state index in [1.807, 2.05) is 0 Å². The summed E-state index contributed by atoms with van der Waals surface area (Å²) < 4.78 is 5.85. The van der Waals surface area contributed by atoms with Crippen LogP contribution in [0.15, 0.2) is 21.2 Å². The summed E-state index contributed by atoms with van der Waals surface area (Å²) in [5.41, 5.74) is 0. The molecule has 1 aliphatic carbocycles. The summed E-state index contributed by atoms with van der Waals surface area (Å²) >= 11 is 3.19. The fourth-order valence-corrected chi connectivity index (χ4v) is 2.35. The van der Waals surface area contributed by atoms with Crippen LogP contribution in [0.2, 0.25) is 0 Å². The molecule has 0 radical (unpaired) electrons. The lowest BCUT2D eigenvalue weighted by Crippen LogP contribution is -2.04. The molecule has 0 aliphatic heterocycles. The van der Waals surface area contributed by atoms with E-state index < -0.39 is 0 Å². The van der Waals surface area contributed by atoms with Gasteiger partial charge in [0.1, 0.15) is 0 Å². The van der Waals surface area contributed by atoms with Gasteiger partial charge >= 0.3 is 0 Å². The molecule has 0 unspecified atom stereocenters. The first-order valence-corrected chi connectivity index (χ1v) is 5.83. The first-order valence-electron chi connectivity index (χ1n) is 5.04. The Kier molecular flexibility index (Phi) is 3.06. The van der Waals surface area contributed by atoms with Crippen molar-refractivity contribution in [2.75, 3.05) is 0 Å². The van der Waals surface area contributed by atoms with Crippen molar-refractivity contribution >= 4 is 21.7 Å². The molecular formula is C11H13BrO2. The number of hydrogen-bond acceptors (Lipinski definition) is 2. The van der Waals surface area contributed by atoms with Crippen molar-refractivity contribution in [2.24, 2.45) is 5.92 Å². The van der Waals surface area contributed by atoms with Gasteiger partial charge in [0.05, 0.1) is 0 Å². The van der Waals surface area contributed by atoms with E-state index in [1.165, 1.54) is 25.7 Å². The maximum Gasteiger partial charge on any atom is 0.198 e. The molecule has 1 aromatic heterocycles. The fraction of sp³-hybridized carbons (Fsp3) is 0.545. The largest absolute Gasteiger partial charge is 0.446 e. The monoisotopic (exact) mass is 256 g/mol. The van der Waals surface area contributed by atoms with E-state index in [9.17, 15) is 4.79 Å². The zero-order valence-corrected chi connectivity index (χ0v) is 9.55. The molecule has 14 heavy (non-hydrogen) atoms. The van der Waals surface area contributed by atoms with E-state index >= 15 is 0 Å². The van der Waals surface area contributed by atoms with Crippen LogP contribution < -0.4 is 0 Å². The van der Waals surface area contributed by atoms with Gasteiger partial charge in [-0.2, -0.15) is 0 Å². The number of carbonyl (C=O) groups is 1. The van der Waals surface area contributed by atoms with Gasteiger partial charge < -0.3 is 4.42 Å². The summed E-state index contributed by atoms with van der Waals surface area (Å²) in [5, 5.41) is 0. The first kappa shape index (κ1) is 9.97. The third-order valence-electron chi connectivity index (χ3n) is 2.80. The van der Waals surface area contributed by atoms with Crippen LogP contribution in [0.5, 0.6) is 0 Å². The Labute approximate surface area is 91.8 Å². The predicted molar refractivity (Wildman–Crippen MR) is 57.3 cm³/mol. The van der Waals surface area contributed by atoms with Crippen molar-refractivity contribution in [3.05, 3.63) is 22.6 Å². The molecule has 2 rings (SSSR count). The summed E-state index contributed by atoms with van der Waals surface area (Å²) in [6.07, 6.45) is 5.61. The van der Waals surface area contributed by atoms with Crippen LogP contribution in [0, 0.1) is 5.92 Å². The molecule has 1 fully saturated rings. The van der Waals surface area contributed by atoms with Gasteiger partial charge in [0, 0.05) is 6.42 Å². The number of ketones is 1. The average Bonchev–Trinajstić information content (AvgIpc) is 2.75. The third-order valence-corrected chi connectivity index (χ3v) is 3.22. The van der Waals surface area contributed by atoms with Crippen molar-refractivity contribution in [2.45, 2.75) is 32.1 Å². The third kappa shape index (κ3) is 2.27. The highest BCUT2D eigenvalue weighted by Crippen LogP contribution is 2.29. The molecule has 0 bridgehead atoms. The second-order valence-electron chi connectivity index (χ2n) is 3.88. The van der Waals surface area contributed by atoms with Crippen LogP contribution in [-0.2, 0) is 0 Å². The fourth-order valence-electron chi connectivity index (χ4n) is 2.04. The van der Waals surface area contributed by atoms with Crippen LogP contribution in [0.1, 0.15) is 42.7 Å². The number of Topliss-reactive ketones (excluding diaryl/α,β-unsaturated/α-hetero) is 1. The van der Waals surface area contributed by atoms with Crippen molar-refractivity contribution in [1.82, 2.24) is 0 Å². The standard InChI is InChI=1S/C11H13BrO2/c12-11-6-5-10(14-11)9(13)7-8-3-1-2-4-8/h5-6,8H,1-4,7H2. The highest BCUT2D eigenvalue weighted by atomic mass is 79.9. The van der Waals surface area contributed by atoms with Gasteiger partial charge in [-0.1, -0.05) is 25.7 Å². The molecule has 3 heteroatoms. The smallest absolute Gasteiger partial charge is 0.198 e. The second-order valence-corrected chi connectivity index (χ2v) is 4.66. The Balaban J connectivity index is 1.95. The molecule has 1 aliphatic rings. The van der Waals surface area contributed by atoms with Crippen molar-refractivity contribution in [1.29, 1.82) is 0 Å². The normalized spacial score (nSPS) is 17.5. The molecule has 1 aromatic rings. The quantitative estimate of drug-likeness (QED) is 0.771. The molecule has 2 nitrogen and oxygen atoms in total. The van der Waals surface area contributed by atoms with Gasteiger partial charge in [-0.15, -0.1) is 0 Å². The maximum absolute atomic E-state index is 11.7. The molecule has 0 aromatic carbocycles. The molecular weight excluding hydrogens is 244 g/mol. The van der Waals surface area contributed by atoms with Crippen molar-refractivity contribution < 1.29 is 9.21 Å². The Morgan fingerprint density at radius 1 is 1.43 bits per heavy atom. The highest BCUT2D eigenvalue weighted by molar-refractivity contribution is 9.10. The Morgan fingerprint density at radius 3 is 2.71 bits per heavy atom. The lowest BCUT2D eigenvalue weighted by molar-refractivity contribution is 0.0933. The lowest BCUT2D eigenvalue weighted by atomic mass is 10.0. The Morgan fingerprint density at radius 2 is 2.14 bits per heavy atom. The van der Waals surface area contributed by atoms with Gasteiger partial charge in [0.15, 0.2) is 16.2 Å². The summed E-state index contributed by atoms with van der Waals surface area (Å²) in [7, 11) is 0. The summed E-state index contributed by atoms with van der Waals surface area (Å²) in [4.78, 5) is 11.7. The van der Waals surface area contributed by atoms with E-state index in [4.69, 9.17) is 4.42 Å². The van der Waals surface area contributed by atoms with Crippen LogP contribution in [0.4, 0.5) is 0 Å². The van der Waals surface area contributed by atoms with Gasteiger partial charge in [0.25, 0.3) is 0 Å². The number of halogens is 1. The summed E-state index contributed by atoms with van der Waals surface area (Å²) in [6, 6.07) is 3.50. The predicted octanol–water partition coefficient (Wildman–Crippen LogP) is 3.81. The minimum atomic E-state index is 0.141. The molecule has 76 valence electrons. The van der Waals surface area contributed by atoms with E-state index in [1.54, 1.807) is 12.1 Å². The Hall–Kier alpha value is -0.570. The highest BCUT2D eigenvalue weighted by Gasteiger charge is 2.20. The topological polar surface area (TPSA) is 30.2 Å². The van der Waals surface area contributed by atoms with Gasteiger partial charge in [-0.05, 0) is 34.0 Å². The molecule has 0 amide bonds. The first-order chi connectivity index (χ1) is 6.75. The zero-order valence-electron chi connectivity index (χ0n) is 7.96.